The first-order valence-electron chi connectivity index (χ1n) is 13.8. The highest BCUT2D eigenvalue weighted by Gasteiger charge is 2.32. The SMILES string of the molecule is CCCCCc1ccc(-c2ccc(C3CCC(C4CCC(C=C(F)F)CC4)CC3)c(F)c2F)c(F)c1F. The summed E-state index contributed by atoms with van der Waals surface area (Å²) >= 11 is 0. The minimum atomic E-state index is -1.60. The van der Waals surface area contributed by atoms with Crippen LogP contribution in [0.2, 0.25) is 0 Å². The van der Waals surface area contributed by atoms with Crippen molar-refractivity contribution in [2.24, 2.45) is 17.8 Å². The minimum absolute atomic E-state index is 0.0382. The molecule has 0 bridgehead atoms. The minimum Gasteiger partial charge on any atom is -0.203 e. The second-order valence-electron chi connectivity index (χ2n) is 10.9. The first kappa shape index (κ1) is 27.8. The van der Waals surface area contributed by atoms with Crippen LogP contribution in [0.4, 0.5) is 26.3 Å². The van der Waals surface area contributed by atoms with Crippen molar-refractivity contribution in [3.8, 4) is 11.1 Å². The zero-order valence-corrected chi connectivity index (χ0v) is 21.4. The van der Waals surface area contributed by atoms with Gasteiger partial charge >= 0.3 is 0 Å². The number of allylic oxidation sites excluding steroid dienone is 1. The van der Waals surface area contributed by atoms with Crippen LogP contribution in [0.3, 0.4) is 0 Å². The summed E-state index contributed by atoms with van der Waals surface area (Å²) in [6, 6.07) is 5.70. The zero-order chi connectivity index (χ0) is 26.5. The van der Waals surface area contributed by atoms with E-state index in [9.17, 15) is 17.6 Å². The standard InChI is InChI=1S/C31H36F6/c1-2-3-4-5-23-14-15-25(30(36)28(23)34)26-17-16-24(29(35)31(26)37)22-12-10-21(11-13-22)20-8-6-19(7-9-20)18-27(32)33/h14-22H,2-13H2,1H3. The van der Waals surface area contributed by atoms with E-state index in [4.69, 9.17) is 0 Å². The molecule has 0 radical (unpaired) electrons. The second-order valence-corrected chi connectivity index (χ2v) is 10.9. The van der Waals surface area contributed by atoms with Crippen molar-refractivity contribution in [1.29, 1.82) is 0 Å². The van der Waals surface area contributed by atoms with Gasteiger partial charge in [-0.3, -0.25) is 0 Å². The fraction of sp³-hybridized carbons (Fsp3) is 0.548. The first-order valence-corrected chi connectivity index (χ1v) is 13.8. The third kappa shape index (κ3) is 6.43. The van der Waals surface area contributed by atoms with Crippen molar-refractivity contribution in [3.05, 3.63) is 70.8 Å². The van der Waals surface area contributed by atoms with Gasteiger partial charge in [0.1, 0.15) is 0 Å². The van der Waals surface area contributed by atoms with Gasteiger partial charge in [-0.1, -0.05) is 44.0 Å². The Morgan fingerprint density at radius 3 is 1.86 bits per heavy atom. The fourth-order valence-electron chi connectivity index (χ4n) is 6.51. The summed E-state index contributed by atoms with van der Waals surface area (Å²) < 4.78 is 84.8. The lowest BCUT2D eigenvalue weighted by atomic mass is 9.68. The van der Waals surface area contributed by atoms with Gasteiger partial charge in [-0.2, -0.15) is 8.78 Å². The molecule has 0 aromatic heterocycles. The predicted molar refractivity (Wildman–Crippen MR) is 135 cm³/mol. The molecule has 0 aliphatic heterocycles. The molecule has 0 atom stereocenters. The molecule has 2 aliphatic carbocycles. The quantitative estimate of drug-likeness (QED) is 0.239. The number of aryl methyl sites for hydroxylation is 1. The Bertz CT molecular complexity index is 1090. The molecule has 0 heterocycles. The number of benzene rings is 2. The van der Waals surface area contributed by atoms with E-state index in [1.54, 1.807) is 0 Å². The fourth-order valence-corrected chi connectivity index (χ4v) is 6.51. The number of hydrogen-bond donors (Lipinski definition) is 0. The molecule has 0 spiro atoms. The van der Waals surface area contributed by atoms with Gasteiger partial charge in [0.15, 0.2) is 23.3 Å². The number of unbranched alkanes of at least 4 members (excludes halogenated alkanes) is 2. The van der Waals surface area contributed by atoms with Crippen LogP contribution in [-0.2, 0) is 6.42 Å². The molecule has 202 valence electrons. The first-order chi connectivity index (χ1) is 17.8. The average molecular weight is 523 g/mol. The molecular formula is C31H36F6. The number of halogens is 6. The van der Waals surface area contributed by atoms with Crippen molar-refractivity contribution in [3.63, 3.8) is 0 Å². The van der Waals surface area contributed by atoms with E-state index in [1.165, 1.54) is 24.3 Å². The van der Waals surface area contributed by atoms with Crippen LogP contribution in [0.15, 0.2) is 36.4 Å². The predicted octanol–water partition coefficient (Wildman–Crippen LogP) is 10.5. The summed E-state index contributed by atoms with van der Waals surface area (Å²) in [4.78, 5) is 0. The van der Waals surface area contributed by atoms with Crippen LogP contribution in [0.5, 0.6) is 0 Å². The summed E-state index contributed by atoms with van der Waals surface area (Å²) in [6.45, 7) is 2.03. The van der Waals surface area contributed by atoms with E-state index in [-0.39, 0.29) is 28.5 Å². The van der Waals surface area contributed by atoms with Crippen molar-refractivity contribution < 1.29 is 26.3 Å². The van der Waals surface area contributed by atoms with Crippen molar-refractivity contribution in [1.82, 2.24) is 0 Å². The van der Waals surface area contributed by atoms with Gasteiger partial charge in [-0.05, 0) is 105 Å². The van der Waals surface area contributed by atoms with E-state index >= 15 is 8.78 Å². The Labute approximate surface area is 216 Å². The lowest BCUT2D eigenvalue weighted by Gasteiger charge is -2.37. The van der Waals surface area contributed by atoms with Gasteiger partial charge in [0.25, 0.3) is 6.08 Å². The summed E-state index contributed by atoms with van der Waals surface area (Å²) in [7, 11) is 0. The molecule has 37 heavy (non-hydrogen) atoms. The highest BCUT2D eigenvalue weighted by atomic mass is 19.3. The Morgan fingerprint density at radius 2 is 1.27 bits per heavy atom. The summed E-state index contributed by atoms with van der Waals surface area (Å²) in [6.07, 6.45) is 9.17. The van der Waals surface area contributed by atoms with Crippen molar-refractivity contribution in [2.45, 2.75) is 89.9 Å². The topological polar surface area (TPSA) is 0 Å². The van der Waals surface area contributed by atoms with Gasteiger partial charge in [0, 0.05) is 11.1 Å². The van der Waals surface area contributed by atoms with Crippen LogP contribution in [-0.4, -0.2) is 0 Å². The largest absolute Gasteiger partial charge is 0.266 e. The summed E-state index contributed by atoms with van der Waals surface area (Å²) in [5, 5.41) is 0. The van der Waals surface area contributed by atoms with Gasteiger partial charge in [-0.15, -0.1) is 0 Å². The molecule has 6 heteroatoms. The summed E-state index contributed by atoms with van der Waals surface area (Å²) in [5.74, 6) is -3.42. The number of rotatable bonds is 8. The molecular weight excluding hydrogens is 486 g/mol. The molecule has 0 N–H and O–H groups in total. The molecule has 2 fully saturated rings. The van der Waals surface area contributed by atoms with E-state index < -0.39 is 29.3 Å². The molecule has 0 nitrogen and oxygen atoms in total. The Kier molecular flexibility index (Phi) is 9.41. The van der Waals surface area contributed by atoms with Crippen LogP contribution in [0, 0.1) is 41.0 Å². The van der Waals surface area contributed by atoms with Crippen LogP contribution < -0.4 is 0 Å². The Hall–Kier alpha value is -2.24. The van der Waals surface area contributed by atoms with E-state index in [0.29, 0.717) is 23.8 Å². The lowest BCUT2D eigenvalue weighted by molar-refractivity contribution is 0.169. The zero-order valence-electron chi connectivity index (χ0n) is 21.4. The highest BCUT2D eigenvalue weighted by molar-refractivity contribution is 5.66. The molecule has 0 saturated heterocycles. The molecule has 4 rings (SSSR count). The molecule has 2 saturated carbocycles. The summed E-state index contributed by atoms with van der Waals surface area (Å²) in [5.41, 5.74) is 0.0241. The van der Waals surface area contributed by atoms with Crippen molar-refractivity contribution in [2.75, 3.05) is 0 Å². The monoisotopic (exact) mass is 522 g/mol. The molecule has 0 amide bonds. The molecule has 2 aromatic carbocycles. The van der Waals surface area contributed by atoms with Gasteiger partial charge in [0.05, 0.1) is 0 Å². The smallest absolute Gasteiger partial charge is 0.203 e. The van der Waals surface area contributed by atoms with Crippen molar-refractivity contribution >= 4 is 0 Å². The van der Waals surface area contributed by atoms with E-state index in [1.807, 2.05) is 6.92 Å². The molecule has 0 unspecified atom stereocenters. The van der Waals surface area contributed by atoms with E-state index in [2.05, 4.69) is 0 Å². The van der Waals surface area contributed by atoms with Gasteiger partial charge in [-0.25, -0.2) is 17.6 Å². The average Bonchev–Trinajstić information content (AvgIpc) is 2.89. The maximum Gasteiger partial charge on any atom is 0.266 e. The van der Waals surface area contributed by atoms with Gasteiger partial charge < -0.3 is 0 Å². The maximum atomic E-state index is 15.2. The third-order valence-electron chi connectivity index (χ3n) is 8.67. The van der Waals surface area contributed by atoms with Gasteiger partial charge in [0.2, 0.25) is 0 Å². The third-order valence-corrected chi connectivity index (χ3v) is 8.67. The second kappa shape index (κ2) is 12.5. The van der Waals surface area contributed by atoms with Crippen LogP contribution in [0.25, 0.3) is 11.1 Å². The molecule has 2 aromatic rings. The Morgan fingerprint density at radius 1 is 0.703 bits per heavy atom. The molecule has 2 aliphatic rings. The Balaban J connectivity index is 1.41. The normalized spacial score (nSPS) is 24.2. The maximum absolute atomic E-state index is 15.2. The van der Waals surface area contributed by atoms with Crippen LogP contribution in [0.1, 0.15) is 94.6 Å². The number of hydrogen-bond acceptors (Lipinski definition) is 0. The lowest BCUT2D eigenvalue weighted by Crippen LogP contribution is -2.25. The van der Waals surface area contributed by atoms with E-state index in [0.717, 1.165) is 76.7 Å². The van der Waals surface area contributed by atoms with Crippen LogP contribution >= 0.6 is 0 Å². The highest BCUT2D eigenvalue weighted by Crippen LogP contribution is 2.45.